The average molecular weight is 375 g/mol. The maximum Gasteiger partial charge on any atom is 0.231 e. The molecule has 0 radical (unpaired) electrons. The number of ether oxygens (including phenoxy) is 4. The molecule has 28 heavy (non-hydrogen) atoms. The van der Waals surface area contributed by atoms with Crippen molar-refractivity contribution in [2.75, 3.05) is 13.6 Å². The fourth-order valence-electron chi connectivity index (χ4n) is 2.64. The van der Waals surface area contributed by atoms with Crippen molar-refractivity contribution in [3.8, 4) is 23.0 Å². The number of para-hydroxylation sites is 1. The summed E-state index contributed by atoms with van der Waals surface area (Å²) in [6, 6.07) is 20.7. The largest absolute Gasteiger partial charge is 0.454 e. The third kappa shape index (κ3) is 4.12. The van der Waals surface area contributed by atoms with E-state index in [0.717, 1.165) is 29.0 Å². The number of benzene rings is 3. The fraction of sp³-hybridized carbons (Fsp3) is 0.0909. The highest BCUT2D eigenvalue weighted by Crippen LogP contribution is 2.32. The Balaban J connectivity index is 0.000000151. The minimum Gasteiger partial charge on any atom is -0.454 e. The van der Waals surface area contributed by atoms with Crippen LogP contribution >= 0.6 is 0 Å². The van der Waals surface area contributed by atoms with Crippen LogP contribution in [-0.2, 0) is 0 Å². The number of carbonyl (C=O) groups excluding carboxylic acids is 1. The molecule has 0 atom stereocenters. The van der Waals surface area contributed by atoms with Crippen LogP contribution in [0, 0.1) is 0 Å². The van der Waals surface area contributed by atoms with Crippen molar-refractivity contribution in [1.29, 1.82) is 0 Å². The Bertz CT molecular complexity index is 1000. The standard InChI is InChI=1S/C14H11NO2.C8H6O3/c1-2-4-12(5-3-1)15-9-11-6-7-13-14(8-11)17-10-16-13;9-4-6-1-2-7-8(3-6)11-5-10-7/h1-9H,10H2;1-4H,5H2. The van der Waals surface area contributed by atoms with Crippen LogP contribution < -0.4 is 18.9 Å². The van der Waals surface area contributed by atoms with Crippen LogP contribution in [0.3, 0.4) is 0 Å². The third-order valence-electron chi connectivity index (χ3n) is 4.05. The van der Waals surface area contributed by atoms with Gasteiger partial charge in [-0.25, -0.2) is 0 Å². The monoisotopic (exact) mass is 375 g/mol. The molecule has 0 saturated carbocycles. The summed E-state index contributed by atoms with van der Waals surface area (Å²) in [5.41, 5.74) is 2.54. The number of aldehydes is 1. The first-order valence-electron chi connectivity index (χ1n) is 8.65. The van der Waals surface area contributed by atoms with Gasteiger partial charge in [-0.05, 0) is 54.1 Å². The Morgan fingerprint density at radius 3 is 1.89 bits per heavy atom. The van der Waals surface area contributed by atoms with E-state index in [2.05, 4.69) is 4.99 Å². The van der Waals surface area contributed by atoms with E-state index in [-0.39, 0.29) is 6.79 Å². The zero-order valence-corrected chi connectivity index (χ0v) is 14.9. The van der Waals surface area contributed by atoms with Crippen molar-refractivity contribution in [2.24, 2.45) is 4.99 Å². The van der Waals surface area contributed by atoms with Crippen molar-refractivity contribution in [2.45, 2.75) is 0 Å². The molecular weight excluding hydrogens is 358 g/mol. The Morgan fingerprint density at radius 1 is 0.679 bits per heavy atom. The number of nitrogens with zero attached hydrogens (tertiary/aromatic N) is 1. The Kier molecular flexibility index (Phi) is 5.20. The van der Waals surface area contributed by atoms with Crippen LogP contribution in [0.2, 0.25) is 0 Å². The maximum atomic E-state index is 10.3. The lowest BCUT2D eigenvalue weighted by molar-refractivity contribution is 0.112. The molecule has 0 saturated heterocycles. The van der Waals surface area contributed by atoms with Gasteiger partial charge in [-0.2, -0.15) is 0 Å². The molecule has 0 fully saturated rings. The van der Waals surface area contributed by atoms with Crippen LogP contribution in [0.25, 0.3) is 0 Å². The van der Waals surface area contributed by atoms with Gasteiger partial charge in [0.25, 0.3) is 0 Å². The molecule has 0 aliphatic carbocycles. The number of carbonyl (C=O) groups is 1. The molecule has 3 aromatic rings. The second kappa shape index (κ2) is 8.26. The molecule has 2 aliphatic heterocycles. The quantitative estimate of drug-likeness (QED) is 0.502. The summed E-state index contributed by atoms with van der Waals surface area (Å²) in [7, 11) is 0. The Hall–Kier alpha value is -3.80. The van der Waals surface area contributed by atoms with Gasteiger partial charge in [0.2, 0.25) is 13.6 Å². The van der Waals surface area contributed by atoms with Crippen molar-refractivity contribution < 1.29 is 23.7 Å². The smallest absolute Gasteiger partial charge is 0.231 e. The van der Waals surface area contributed by atoms with E-state index in [1.165, 1.54) is 0 Å². The average Bonchev–Trinajstić information content (AvgIpc) is 3.41. The molecule has 0 N–H and O–H groups in total. The molecule has 140 valence electrons. The van der Waals surface area contributed by atoms with Gasteiger partial charge in [0.05, 0.1) is 5.69 Å². The first-order valence-corrected chi connectivity index (χ1v) is 8.65. The number of aliphatic imine (C=N–C) groups is 1. The summed E-state index contributed by atoms with van der Waals surface area (Å²) >= 11 is 0. The van der Waals surface area contributed by atoms with Gasteiger partial charge in [0.1, 0.15) is 6.29 Å². The molecule has 6 heteroatoms. The van der Waals surface area contributed by atoms with Gasteiger partial charge in [-0.15, -0.1) is 0 Å². The Labute approximate surface area is 162 Å². The SMILES string of the molecule is C(=Nc1ccccc1)c1ccc2c(c1)OCO2.O=Cc1ccc2c(c1)OCO2. The van der Waals surface area contributed by atoms with E-state index in [9.17, 15) is 4.79 Å². The molecule has 0 aromatic heterocycles. The van der Waals surface area contributed by atoms with Gasteiger partial charge in [-0.1, -0.05) is 18.2 Å². The van der Waals surface area contributed by atoms with Crippen molar-refractivity contribution in [3.05, 3.63) is 77.9 Å². The number of hydrogen-bond acceptors (Lipinski definition) is 6. The van der Waals surface area contributed by atoms with Crippen LogP contribution in [0.1, 0.15) is 15.9 Å². The van der Waals surface area contributed by atoms with Gasteiger partial charge in [0, 0.05) is 11.8 Å². The summed E-state index contributed by atoms with van der Waals surface area (Å²) in [5, 5.41) is 0. The van der Waals surface area contributed by atoms with Gasteiger partial charge >= 0.3 is 0 Å². The summed E-state index contributed by atoms with van der Waals surface area (Å²) < 4.78 is 20.7. The highest BCUT2D eigenvalue weighted by Gasteiger charge is 2.13. The zero-order valence-electron chi connectivity index (χ0n) is 14.9. The summed E-state index contributed by atoms with van der Waals surface area (Å²) in [5.74, 6) is 2.93. The second-order valence-corrected chi connectivity index (χ2v) is 5.94. The highest BCUT2D eigenvalue weighted by atomic mass is 16.7. The molecule has 0 unspecified atom stereocenters. The summed E-state index contributed by atoms with van der Waals surface area (Å²) in [4.78, 5) is 14.7. The van der Waals surface area contributed by atoms with Gasteiger partial charge < -0.3 is 18.9 Å². The molecule has 3 aromatic carbocycles. The summed E-state index contributed by atoms with van der Waals surface area (Å²) in [6.45, 7) is 0.548. The van der Waals surface area contributed by atoms with E-state index >= 15 is 0 Å². The minimum atomic E-state index is 0.248. The van der Waals surface area contributed by atoms with Gasteiger partial charge in [-0.3, -0.25) is 9.79 Å². The molecular formula is C22H17NO5. The van der Waals surface area contributed by atoms with E-state index < -0.39 is 0 Å². The maximum absolute atomic E-state index is 10.3. The predicted octanol–water partition coefficient (Wildman–Crippen LogP) is 4.39. The third-order valence-corrected chi connectivity index (χ3v) is 4.05. The van der Waals surface area contributed by atoms with Crippen molar-refractivity contribution in [1.82, 2.24) is 0 Å². The van der Waals surface area contributed by atoms with Crippen LogP contribution in [0.5, 0.6) is 23.0 Å². The fourth-order valence-corrected chi connectivity index (χ4v) is 2.64. The lowest BCUT2D eigenvalue weighted by Gasteiger charge is -1.97. The minimum absolute atomic E-state index is 0.248. The van der Waals surface area contributed by atoms with Crippen LogP contribution in [0.4, 0.5) is 5.69 Å². The molecule has 0 bridgehead atoms. The van der Waals surface area contributed by atoms with Crippen molar-refractivity contribution >= 4 is 18.2 Å². The first kappa shape index (κ1) is 17.6. The lowest BCUT2D eigenvalue weighted by atomic mass is 10.2. The highest BCUT2D eigenvalue weighted by molar-refractivity contribution is 5.83. The molecule has 6 nitrogen and oxygen atoms in total. The topological polar surface area (TPSA) is 66.4 Å². The molecule has 0 amide bonds. The van der Waals surface area contributed by atoms with Crippen molar-refractivity contribution in [3.63, 3.8) is 0 Å². The van der Waals surface area contributed by atoms with E-state index in [0.29, 0.717) is 23.9 Å². The van der Waals surface area contributed by atoms with Crippen LogP contribution in [0.15, 0.2) is 71.7 Å². The summed E-state index contributed by atoms with van der Waals surface area (Å²) in [6.07, 6.45) is 2.60. The van der Waals surface area contributed by atoms with E-state index in [4.69, 9.17) is 18.9 Å². The zero-order chi connectivity index (χ0) is 19.2. The number of rotatable bonds is 3. The Morgan fingerprint density at radius 2 is 1.25 bits per heavy atom. The normalized spacial score (nSPS) is 13.1. The number of fused-ring (bicyclic) bond motifs is 2. The van der Waals surface area contributed by atoms with Gasteiger partial charge in [0.15, 0.2) is 23.0 Å². The van der Waals surface area contributed by atoms with Crippen LogP contribution in [-0.4, -0.2) is 26.1 Å². The lowest BCUT2D eigenvalue weighted by Crippen LogP contribution is -1.92. The number of hydrogen-bond donors (Lipinski definition) is 0. The molecule has 2 heterocycles. The molecule has 5 rings (SSSR count). The molecule has 2 aliphatic rings. The first-order chi connectivity index (χ1) is 13.8. The predicted molar refractivity (Wildman–Crippen MR) is 104 cm³/mol. The molecule has 0 spiro atoms. The van der Waals surface area contributed by atoms with E-state index in [1.54, 1.807) is 18.2 Å². The second-order valence-electron chi connectivity index (χ2n) is 5.94. The van der Waals surface area contributed by atoms with E-state index in [1.807, 2.05) is 54.7 Å².